The summed E-state index contributed by atoms with van der Waals surface area (Å²) in [5, 5.41) is 10.2. The number of phenols is 1. The number of phenolic OH excluding ortho intramolecular Hbond substituents is 1. The van der Waals surface area contributed by atoms with E-state index in [1.807, 2.05) is 6.07 Å². The van der Waals surface area contributed by atoms with Gasteiger partial charge in [0.25, 0.3) is 0 Å². The van der Waals surface area contributed by atoms with Crippen LogP contribution in [0.4, 0.5) is 0 Å². The summed E-state index contributed by atoms with van der Waals surface area (Å²) in [6, 6.07) is 12.9. The van der Waals surface area contributed by atoms with Gasteiger partial charge >= 0.3 is 0 Å². The Balaban J connectivity index is 2.05. The highest BCUT2D eigenvalue weighted by atomic mass is 16.3. The number of benzene rings is 2. The van der Waals surface area contributed by atoms with E-state index in [4.69, 9.17) is 0 Å². The smallest absolute Gasteiger partial charge is 0.123 e. The van der Waals surface area contributed by atoms with Gasteiger partial charge in [0.1, 0.15) is 5.75 Å². The molecule has 2 nitrogen and oxygen atoms in total. The molecule has 4 rings (SSSR count). The van der Waals surface area contributed by atoms with E-state index in [1.165, 1.54) is 22.3 Å². The molecule has 96 valence electrons. The Morgan fingerprint density at radius 3 is 2.79 bits per heavy atom. The maximum absolute atomic E-state index is 10.2. The second-order valence-electron chi connectivity index (χ2n) is 5.64. The lowest BCUT2D eigenvalue weighted by molar-refractivity contribution is 0.228. The first-order chi connectivity index (χ1) is 9.25. The van der Waals surface area contributed by atoms with Gasteiger partial charge in [-0.3, -0.25) is 4.90 Å². The van der Waals surface area contributed by atoms with Crippen LogP contribution in [0, 0.1) is 0 Å². The van der Waals surface area contributed by atoms with Crippen LogP contribution in [0.15, 0.2) is 36.4 Å². The molecule has 2 aliphatic rings. The van der Waals surface area contributed by atoms with Gasteiger partial charge in [0, 0.05) is 18.2 Å². The second kappa shape index (κ2) is 3.84. The lowest BCUT2D eigenvalue weighted by Crippen LogP contribution is -2.35. The molecule has 1 N–H and O–H groups in total. The summed E-state index contributed by atoms with van der Waals surface area (Å²) in [6.45, 7) is 1.12. The number of hydrogen-bond acceptors (Lipinski definition) is 2. The summed E-state index contributed by atoms with van der Waals surface area (Å²) in [5.41, 5.74) is 6.43. The van der Waals surface area contributed by atoms with Gasteiger partial charge in [-0.15, -0.1) is 0 Å². The largest absolute Gasteiger partial charge is 0.507 e. The van der Waals surface area contributed by atoms with Gasteiger partial charge in [0.05, 0.1) is 0 Å². The van der Waals surface area contributed by atoms with E-state index in [0.717, 1.165) is 24.9 Å². The molecule has 19 heavy (non-hydrogen) atoms. The zero-order valence-electron chi connectivity index (χ0n) is 11.1. The minimum Gasteiger partial charge on any atom is -0.507 e. The molecular weight excluding hydrogens is 234 g/mol. The standard InChI is InChI=1S/C17H17NO/c1-18-9-8-11-4-2-6-13-16(11)14(18)10-12-5-3-7-15(19)17(12)13/h2-7,14,19H,8-10H2,1H3. The quantitative estimate of drug-likeness (QED) is 0.777. The van der Waals surface area contributed by atoms with E-state index >= 15 is 0 Å². The highest BCUT2D eigenvalue weighted by Crippen LogP contribution is 2.47. The summed E-state index contributed by atoms with van der Waals surface area (Å²) < 4.78 is 0. The maximum Gasteiger partial charge on any atom is 0.123 e. The van der Waals surface area contributed by atoms with Crippen molar-refractivity contribution in [3.63, 3.8) is 0 Å². The predicted molar refractivity (Wildman–Crippen MR) is 76.3 cm³/mol. The molecule has 2 aromatic carbocycles. The summed E-state index contributed by atoms with van der Waals surface area (Å²) in [5.74, 6) is 0.414. The van der Waals surface area contributed by atoms with Gasteiger partial charge in [-0.25, -0.2) is 0 Å². The lowest BCUT2D eigenvalue weighted by Gasteiger charge is -2.39. The lowest BCUT2D eigenvalue weighted by atomic mass is 9.77. The van der Waals surface area contributed by atoms with E-state index < -0.39 is 0 Å². The van der Waals surface area contributed by atoms with Crippen LogP contribution in [0.5, 0.6) is 5.75 Å². The second-order valence-corrected chi connectivity index (χ2v) is 5.64. The summed E-state index contributed by atoms with van der Waals surface area (Å²) in [6.07, 6.45) is 2.11. The van der Waals surface area contributed by atoms with E-state index in [0.29, 0.717) is 11.8 Å². The molecule has 0 amide bonds. The zero-order valence-corrected chi connectivity index (χ0v) is 11.1. The first-order valence-corrected chi connectivity index (χ1v) is 6.89. The Labute approximate surface area is 113 Å². The summed E-state index contributed by atoms with van der Waals surface area (Å²) in [4.78, 5) is 2.44. The number of likely N-dealkylation sites (N-methyl/N-ethyl adjacent to an activating group) is 1. The van der Waals surface area contributed by atoms with Crippen LogP contribution in [0.3, 0.4) is 0 Å². The van der Waals surface area contributed by atoms with Gasteiger partial charge in [-0.2, -0.15) is 0 Å². The van der Waals surface area contributed by atoms with Crippen molar-refractivity contribution in [2.24, 2.45) is 0 Å². The molecule has 1 heterocycles. The average molecular weight is 251 g/mol. The van der Waals surface area contributed by atoms with Crippen LogP contribution in [0.25, 0.3) is 11.1 Å². The monoisotopic (exact) mass is 251 g/mol. The van der Waals surface area contributed by atoms with Crippen LogP contribution in [-0.4, -0.2) is 23.6 Å². The van der Waals surface area contributed by atoms with Crippen molar-refractivity contribution in [1.82, 2.24) is 4.90 Å². The fraction of sp³-hybridized carbons (Fsp3) is 0.294. The third kappa shape index (κ3) is 1.47. The van der Waals surface area contributed by atoms with Crippen LogP contribution < -0.4 is 0 Å². The van der Waals surface area contributed by atoms with E-state index in [-0.39, 0.29) is 0 Å². The predicted octanol–water partition coefficient (Wildman–Crippen LogP) is 3.14. The molecule has 2 heteroatoms. The normalized spacial score (nSPS) is 20.8. The molecule has 2 aromatic rings. The Hall–Kier alpha value is -1.80. The fourth-order valence-electron chi connectivity index (χ4n) is 3.65. The van der Waals surface area contributed by atoms with E-state index in [2.05, 4.69) is 36.2 Å². The SMILES string of the molecule is CN1CCc2cccc3c2C1Cc1cccc(O)c1-3. The van der Waals surface area contributed by atoms with Gasteiger partial charge in [0.2, 0.25) is 0 Å². The van der Waals surface area contributed by atoms with Gasteiger partial charge in [0.15, 0.2) is 0 Å². The molecule has 1 aliphatic heterocycles. The van der Waals surface area contributed by atoms with Crippen molar-refractivity contribution in [1.29, 1.82) is 0 Å². The molecule has 0 saturated carbocycles. The molecule has 0 bridgehead atoms. The van der Waals surface area contributed by atoms with E-state index in [9.17, 15) is 5.11 Å². The Bertz CT molecular complexity index is 662. The number of rotatable bonds is 0. The molecule has 0 saturated heterocycles. The minimum absolute atomic E-state index is 0.414. The number of aromatic hydroxyl groups is 1. The molecule has 0 spiro atoms. The first-order valence-electron chi connectivity index (χ1n) is 6.89. The first kappa shape index (κ1) is 11.1. The molecule has 1 unspecified atom stereocenters. The molecular formula is C17H17NO. The molecule has 0 aromatic heterocycles. The molecule has 1 atom stereocenters. The zero-order chi connectivity index (χ0) is 13.0. The maximum atomic E-state index is 10.2. The van der Waals surface area contributed by atoms with Crippen molar-refractivity contribution in [3.8, 4) is 16.9 Å². The van der Waals surface area contributed by atoms with E-state index in [1.54, 1.807) is 6.07 Å². The van der Waals surface area contributed by atoms with Crippen LogP contribution in [0.1, 0.15) is 22.7 Å². The third-order valence-electron chi connectivity index (χ3n) is 4.61. The molecule has 0 fully saturated rings. The van der Waals surface area contributed by atoms with Crippen molar-refractivity contribution < 1.29 is 5.11 Å². The Morgan fingerprint density at radius 1 is 1.11 bits per heavy atom. The van der Waals surface area contributed by atoms with Gasteiger partial charge in [-0.1, -0.05) is 30.3 Å². The van der Waals surface area contributed by atoms with Crippen LogP contribution >= 0.6 is 0 Å². The number of fused-ring (bicyclic) bond motifs is 2. The number of hydrogen-bond donors (Lipinski definition) is 1. The Kier molecular flexibility index (Phi) is 2.24. The van der Waals surface area contributed by atoms with Crippen molar-refractivity contribution in [2.75, 3.05) is 13.6 Å². The van der Waals surface area contributed by atoms with Crippen LogP contribution in [-0.2, 0) is 12.8 Å². The van der Waals surface area contributed by atoms with Crippen molar-refractivity contribution in [3.05, 3.63) is 53.1 Å². The Morgan fingerprint density at radius 2 is 1.89 bits per heavy atom. The molecule has 1 aliphatic carbocycles. The minimum atomic E-state index is 0.414. The van der Waals surface area contributed by atoms with Gasteiger partial charge in [-0.05, 0) is 48.2 Å². The van der Waals surface area contributed by atoms with Crippen molar-refractivity contribution in [2.45, 2.75) is 18.9 Å². The van der Waals surface area contributed by atoms with Gasteiger partial charge < -0.3 is 5.11 Å². The summed E-state index contributed by atoms with van der Waals surface area (Å²) >= 11 is 0. The topological polar surface area (TPSA) is 23.5 Å². The fourth-order valence-corrected chi connectivity index (χ4v) is 3.65. The highest BCUT2D eigenvalue weighted by molar-refractivity contribution is 5.80. The van der Waals surface area contributed by atoms with Crippen LogP contribution in [0.2, 0.25) is 0 Å². The third-order valence-corrected chi connectivity index (χ3v) is 4.61. The average Bonchev–Trinajstić information content (AvgIpc) is 2.43. The molecule has 0 radical (unpaired) electrons. The van der Waals surface area contributed by atoms with Crippen molar-refractivity contribution >= 4 is 0 Å². The number of nitrogens with zero attached hydrogens (tertiary/aromatic N) is 1. The summed E-state index contributed by atoms with van der Waals surface area (Å²) in [7, 11) is 2.21. The highest BCUT2D eigenvalue weighted by Gasteiger charge is 2.33.